The molecule has 2 aromatic rings. The minimum Gasteiger partial charge on any atom is -0.493 e. The van der Waals surface area contributed by atoms with Crippen molar-refractivity contribution < 1.29 is 22.7 Å². The standard InChI is InChI=1S/C18H22N2O5S/c1-20(26(4,22)23)15-8-6-14(7-9-15)19-18(21)12-13-5-10-16(24-2)17(11-13)25-3/h5-11H,12H2,1-4H3,(H,19,21). The predicted octanol–water partition coefficient (Wildman–Crippen LogP) is 2.28. The predicted molar refractivity (Wildman–Crippen MR) is 102 cm³/mol. The van der Waals surface area contributed by atoms with E-state index in [1.54, 1.807) is 49.6 Å². The highest BCUT2D eigenvalue weighted by atomic mass is 32.2. The maximum atomic E-state index is 12.2. The Hall–Kier alpha value is -2.74. The second kappa shape index (κ2) is 8.09. The van der Waals surface area contributed by atoms with Gasteiger partial charge in [-0.3, -0.25) is 9.10 Å². The summed E-state index contributed by atoms with van der Waals surface area (Å²) in [4.78, 5) is 12.2. The molecular weight excluding hydrogens is 356 g/mol. The molecule has 0 unspecified atom stereocenters. The number of methoxy groups -OCH3 is 2. The molecule has 140 valence electrons. The molecule has 0 aliphatic carbocycles. The van der Waals surface area contributed by atoms with Crippen LogP contribution in [-0.2, 0) is 21.2 Å². The molecule has 0 spiro atoms. The SMILES string of the molecule is COc1ccc(CC(=O)Nc2ccc(N(C)S(C)(=O)=O)cc2)cc1OC. The van der Waals surface area contributed by atoms with Crippen molar-refractivity contribution in [2.24, 2.45) is 0 Å². The number of hydrogen-bond acceptors (Lipinski definition) is 5. The summed E-state index contributed by atoms with van der Waals surface area (Å²) in [6.07, 6.45) is 1.30. The van der Waals surface area contributed by atoms with Crippen molar-refractivity contribution in [1.29, 1.82) is 0 Å². The van der Waals surface area contributed by atoms with Gasteiger partial charge in [-0.15, -0.1) is 0 Å². The van der Waals surface area contributed by atoms with E-state index in [2.05, 4.69) is 5.32 Å². The lowest BCUT2D eigenvalue weighted by molar-refractivity contribution is -0.115. The van der Waals surface area contributed by atoms with Crippen LogP contribution in [0.15, 0.2) is 42.5 Å². The summed E-state index contributed by atoms with van der Waals surface area (Å²) in [5.74, 6) is 0.967. The molecule has 26 heavy (non-hydrogen) atoms. The molecular formula is C18H22N2O5S. The monoisotopic (exact) mass is 378 g/mol. The van der Waals surface area contributed by atoms with Crippen LogP contribution in [0.4, 0.5) is 11.4 Å². The number of carbonyl (C=O) groups excluding carboxylic acids is 1. The van der Waals surface area contributed by atoms with Crippen molar-refractivity contribution in [1.82, 2.24) is 0 Å². The fourth-order valence-corrected chi connectivity index (χ4v) is 2.83. The first kappa shape index (κ1) is 19.6. The number of carbonyl (C=O) groups is 1. The number of sulfonamides is 1. The van der Waals surface area contributed by atoms with E-state index in [1.165, 1.54) is 18.5 Å². The van der Waals surface area contributed by atoms with Crippen molar-refractivity contribution in [3.05, 3.63) is 48.0 Å². The van der Waals surface area contributed by atoms with Crippen LogP contribution >= 0.6 is 0 Å². The van der Waals surface area contributed by atoms with Gasteiger partial charge in [0.05, 0.1) is 32.6 Å². The van der Waals surface area contributed by atoms with E-state index >= 15 is 0 Å². The van der Waals surface area contributed by atoms with Crippen LogP contribution in [0.5, 0.6) is 11.5 Å². The van der Waals surface area contributed by atoms with Gasteiger partial charge in [-0.1, -0.05) is 6.07 Å². The van der Waals surface area contributed by atoms with Crippen molar-refractivity contribution in [2.75, 3.05) is 37.1 Å². The number of rotatable bonds is 7. The third-order valence-corrected chi connectivity index (χ3v) is 5.03. The Kier molecular flexibility index (Phi) is 6.10. The Morgan fingerprint density at radius 3 is 2.19 bits per heavy atom. The summed E-state index contributed by atoms with van der Waals surface area (Å²) >= 11 is 0. The van der Waals surface area contributed by atoms with E-state index in [1.807, 2.05) is 0 Å². The van der Waals surface area contributed by atoms with Crippen molar-refractivity contribution in [2.45, 2.75) is 6.42 Å². The highest BCUT2D eigenvalue weighted by Crippen LogP contribution is 2.28. The summed E-state index contributed by atoms with van der Waals surface area (Å²) in [7, 11) is 1.24. The third kappa shape index (κ3) is 4.89. The summed E-state index contributed by atoms with van der Waals surface area (Å²) in [6.45, 7) is 0. The second-order valence-corrected chi connectivity index (χ2v) is 7.71. The zero-order valence-corrected chi connectivity index (χ0v) is 16.0. The molecule has 0 aromatic heterocycles. The maximum Gasteiger partial charge on any atom is 0.231 e. The van der Waals surface area contributed by atoms with E-state index in [0.29, 0.717) is 22.9 Å². The first-order chi connectivity index (χ1) is 12.2. The molecule has 0 aliphatic heterocycles. The van der Waals surface area contributed by atoms with Gasteiger partial charge in [-0.05, 0) is 42.0 Å². The molecule has 0 radical (unpaired) electrons. The Morgan fingerprint density at radius 2 is 1.65 bits per heavy atom. The molecule has 2 aromatic carbocycles. The molecule has 0 heterocycles. The molecule has 1 N–H and O–H groups in total. The van der Waals surface area contributed by atoms with Gasteiger partial charge in [-0.25, -0.2) is 8.42 Å². The normalized spacial score (nSPS) is 10.9. The minimum absolute atomic E-state index is 0.172. The Balaban J connectivity index is 2.04. The average Bonchev–Trinajstić information content (AvgIpc) is 2.60. The first-order valence-electron chi connectivity index (χ1n) is 7.79. The zero-order chi connectivity index (χ0) is 19.3. The van der Waals surface area contributed by atoms with Gasteiger partial charge in [0.25, 0.3) is 0 Å². The van der Waals surface area contributed by atoms with Crippen molar-refractivity contribution in [3.63, 3.8) is 0 Å². The van der Waals surface area contributed by atoms with Crippen LogP contribution in [0.25, 0.3) is 0 Å². The molecule has 2 rings (SSSR count). The lowest BCUT2D eigenvalue weighted by atomic mass is 10.1. The highest BCUT2D eigenvalue weighted by Gasteiger charge is 2.12. The van der Waals surface area contributed by atoms with Gasteiger partial charge in [0.1, 0.15) is 0 Å². The Morgan fingerprint density at radius 1 is 1.04 bits per heavy atom. The van der Waals surface area contributed by atoms with Crippen LogP contribution < -0.4 is 19.1 Å². The van der Waals surface area contributed by atoms with Gasteiger partial charge in [0, 0.05) is 12.7 Å². The Labute approximate surface area is 153 Å². The number of nitrogens with zero attached hydrogens (tertiary/aromatic N) is 1. The molecule has 1 amide bonds. The highest BCUT2D eigenvalue weighted by molar-refractivity contribution is 7.92. The molecule has 0 saturated heterocycles. The number of hydrogen-bond donors (Lipinski definition) is 1. The van der Waals surface area contributed by atoms with Gasteiger partial charge >= 0.3 is 0 Å². The number of anilines is 2. The lowest BCUT2D eigenvalue weighted by Gasteiger charge is -2.17. The van der Waals surface area contributed by atoms with Gasteiger partial charge in [0.15, 0.2) is 11.5 Å². The van der Waals surface area contributed by atoms with Gasteiger partial charge in [-0.2, -0.15) is 0 Å². The summed E-state index contributed by atoms with van der Waals surface area (Å²) in [5, 5.41) is 2.78. The van der Waals surface area contributed by atoms with Gasteiger partial charge < -0.3 is 14.8 Å². The molecule has 0 bridgehead atoms. The van der Waals surface area contributed by atoms with Crippen molar-refractivity contribution >= 4 is 27.3 Å². The maximum absolute atomic E-state index is 12.2. The summed E-state index contributed by atoms with van der Waals surface area (Å²) < 4.78 is 34.6. The van der Waals surface area contributed by atoms with E-state index in [-0.39, 0.29) is 12.3 Å². The first-order valence-corrected chi connectivity index (χ1v) is 9.64. The Bertz CT molecular complexity index is 879. The lowest BCUT2D eigenvalue weighted by Crippen LogP contribution is -2.24. The molecule has 8 heteroatoms. The van der Waals surface area contributed by atoms with Crippen LogP contribution in [0.2, 0.25) is 0 Å². The second-order valence-electron chi connectivity index (χ2n) is 5.69. The molecule has 0 fully saturated rings. The van der Waals surface area contributed by atoms with Crippen LogP contribution in [0.1, 0.15) is 5.56 Å². The minimum atomic E-state index is -3.32. The van der Waals surface area contributed by atoms with Crippen molar-refractivity contribution in [3.8, 4) is 11.5 Å². The quantitative estimate of drug-likeness (QED) is 0.799. The number of benzene rings is 2. The van der Waals surface area contributed by atoms with Crippen LogP contribution in [0, 0.1) is 0 Å². The fraction of sp³-hybridized carbons (Fsp3) is 0.278. The third-order valence-electron chi connectivity index (χ3n) is 3.82. The number of amides is 1. The van der Waals surface area contributed by atoms with E-state index in [9.17, 15) is 13.2 Å². The average molecular weight is 378 g/mol. The van der Waals surface area contributed by atoms with Gasteiger partial charge in [0.2, 0.25) is 15.9 Å². The molecule has 0 atom stereocenters. The molecule has 0 saturated carbocycles. The summed E-state index contributed by atoms with van der Waals surface area (Å²) in [6, 6.07) is 11.9. The molecule has 7 nitrogen and oxygen atoms in total. The molecule has 0 aliphatic rings. The van der Waals surface area contributed by atoms with Crippen LogP contribution in [0.3, 0.4) is 0 Å². The number of ether oxygens (including phenoxy) is 2. The smallest absolute Gasteiger partial charge is 0.231 e. The topological polar surface area (TPSA) is 84.9 Å². The zero-order valence-electron chi connectivity index (χ0n) is 15.1. The fourth-order valence-electron chi connectivity index (χ4n) is 2.33. The number of nitrogens with one attached hydrogen (secondary N) is 1. The largest absolute Gasteiger partial charge is 0.493 e. The van der Waals surface area contributed by atoms with Crippen LogP contribution in [-0.4, -0.2) is 41.8 Å². The van der Waals surface area contributed by atoms with E-state index in [4.69, 9.17) is 9.47 Å². The van der Waals surface area contributed by atoms with E-state index in [0.717, 1.165) is 11.8 Å². The van der Waals surface area contributed by atoms with E-state index < -0.39 is 10.0 Å². The summed E-state index contributed by atoms with van der Waals surface area (Å²) in [5.41, 5.74) is 1.89.